The van der Waals surface area contributed by atoms with Crippen LogP contribution in [0.15, 0.2) is 0 Å². The average Bonchev–Trinajstić information content (AvgIpc) is 2.48. The molecule has 1 saturated heterocycles. The summed E-state index contributed by atoms with van der Waals surface area (Å²) in [5, 5.41) is 12.6. The number of rotatable bonds is 2. The van der Waals surface area contributed by atoms with Gasteiger partial charge in [-0.1, -0.05) is 20.3 Å². The Morgan fingerprint density at radius 2 is 2.10 bits per heavy atom. The lowest BCUT2D eigenvalue weighted by atomic mass is 9.76. The van der Waals surface area contributed by atoms with E-state index in [0.29, 0.717) is 5.92 Å². The summed E-state index contributed by atoms with van der Waals surface area (Å²) in [4.78, 5) is 14.3. The highest BCUT2D eigenvalue weighted by Gasteiger charge is 2.37. The molecule has 1 aliphatic heterocycles. The number of amides is 2. The quantitative estimate of drug-likeness (QED) is 0.842. The summed E-state index contributed by atoms with van der Waals surface area (Å²) in [6, 6.07) is 2.35. The molecule has 0 aromatic rings. The zero-order valence-corrected chi connectivity index (χ0v) is 12.8. The van der Waals surface area contributed by atoms with Crippen LogP contribution < -0.4 is 5.32 Å². The predicted molar refractivity (Wildman–Crippen MR) is 79.1 cm³/mol. The van der Waals surface area contributed by atoms with Gasteiger partial charge < -0.3 is 10.2 Å². The molecule has 1 aliphatic carbocycles. The highest BCUT2D eigenvalue weighted by molar-refractivity contribution is 5.75. The third-order valence-corrected chi connectivity index (χ3v) is 5.04. The Morgan fingerprint density at radius 1 is 1.40 bits per heavy atom. The Balaban J connectivity index is 1.93. The zero-order valence-electron chi connectivity index (χ0n) is 12.8. The zero-order chi connectivity index (χ0) is 14.6. The number of hydrogen-bond acceptors (Lipinski definition) is 2. The van der Waals surface area contributed by atoms with Crippen LogP contribution in [0, 0.1) is 23.2 Å². The summed E-state index contributed by atoms with van der Waals surface area (Å²) in [5.41, 5.74) is -0.622. The first-order chi connectivity index (χ1) is 9.58. The van der Waals surface area contributed by atoms with Crippen molar-refractivity contribution in [2.75, 3.05) is 13.1 Å². The fourth-order valence-electron chi connectivity index (χ4n) is 3.50. The van der Waals surface area contributed by atoms with Gasteiger partial charge in [0.05, 0.1) is 6.07 Å². The standard InChI is InChI=1S/C16H27N3O/c1-3-14-6-8-16(12-17,9-7-14)18-15(20)19-10-4-5-13(2)11-19/h13-14H,3-11H2,1-2H3,(H,18,20). The number of piperidine rings is 1. The number of nitrogens with zero attached hydrogens (tertiary/aromatic N) is 2. The van der Waals surface area contributed by atoms with Crippen LogP contribution in [0.2, 0.25) is 0 Å². The molecule has 0 aromatic carbocycles. The maximum atomic E-state index is 12.4. The van der Waals surface area contributed by atoms with Gasteiger partial charge in [0.15, 0.2) is 0 Å². The fourth-order valence-corrected chi connectivity index (χ4v) is 3.50. The molecular weight excluding hydrogens is 250 g/mol. The predicted octanol–water partition coefficient (Wildman–Crippen LogP) is 3.29. The van der Waals surface area contributed by atoms with Crippen LogP contribution in [0.3, 0.4) is 0 Å². The minimum absolute atomic E-state index is 0.0342. The summed E-state index contributed by atoms with van der Waals surface area (Å²) in [7, 11) is 0. The molecule has 2 fully saturated rings. The molecule has 112 valence electrons. The average molecular weight is 277 g/mol. The van der Waals surface area contributed by atoms with Crippen molar-refractivity contribution in [1.29, 1.82) is 5.26 Å². The van der Waals surface area contributed by atoms with Crippen LogP contribution in [0.1, 0.15) is 58.8 Å². The summed E-state index contributed by atoms with van der Waals surface area (Å²) in [6.45, 7) is 6.05. The van der Waals surface area contributed by atoms with Crippen LogP contribution in [0.5, 0.6) is 0 Å². The lowest BCUT2D eigenvalue weighted by Crippen LogP contribution is -2.55. The number of urea groups is 1. The first-order valence-corrected chi connectivity index (χ1v) is 8.07. The van der Waals surface area contributed by atoms with Crippen LogP contribution >= 0.6 is 0 Å². The number of nitriles is 1. The molecule has 1 atom stereocenters. The van der Waals surface area contributed by atoms with E-state index in [-0.39, 0.29) is 6.03 Å². The van der Waals surface area contributed by atoms with Crippen molar-refractivity contribution in [1.82, 2.24) is 10.2 Å². The Hall–Kier alpha value is -1.24. The monoisotopic (exact) mass is 277 g/mol. The van der Waals surface area contributed by atoms with Gasteiger partial charge in [-0.25, -0.2) is 4.79 Å². The Bertz CT molecular complexity index is 380. The number of hydrogen-bond donors (Lipinski definition) is 1. The maximum Gasteiger partial charge on any atom is 0.318 e. The van der Waals surface area contributed by atoms with E-state index in [4.69, 9.17) is 0 Å². The van der Waals surface area contributed by atoms with Gasteiger partial charge >= 0.3 is 6.03 Å². The van der Waals surface area contributed by atoms with Crippen molar-refractivity contribution in [3.63, 3.8) is 0 Å². The molecule has 4 nitrogen and oxygen atoms in total. The van der Waals surface area contributed by atoms with Crippen LogP contribution in [-0.4, -0.2) is 29.6 Å². The van der Waals surface area contributed by atoms with E-state index in [1.165, 1.54) is 12.8 Å². The van der Waals surface area contributed by atoms with Gasteiger partial charge in [-0.05, 0) is 50.4 Å². The van der Waals surface area contributed by atoms with Gasteiger partial charge in [-0.3, -0.25) is 0 Å². The molecule has 2 amide bonds. The van der Waals surface area contributed by atoms with E-state index in [1.807, 2.05) is 4.90 Å². The molecule has 1 unspecified atom stereocenters. The third-order valence-electron chi connectivity index (χ3n) is 5.04. The van der Waals surface area contributed by atoms with Crippen molar-refractivity contribution in [3.05, 3.63) is 0 Å². The van der Waals surface area contributed by atoms with Gasteiger partial charge in [-0.15, -0.1) is 0 Å². The molecule has 0 bridgehead atoms. The minimum atomic E-state index is -0.622. The van der Waals surface area contributed by atoms with Crippen LogP contribution in [-0.2, 0) is 0 Å². The van der Waals surface area contributed by atoms with Crippen molar-refractivity contribution in [3.8, 4) is 6.07 Å². The van der Waals surface area contributed by atoms with Crippen molar-refractivity contribution >= 4 is 6.03 Å². The van der Waals surface area contributed by atoms with Crippen molar-refractivity contribution < 1.29 is 4.79 Å². The molecule has 0 aromatic heterocycles. The largest absolute Gasteiger partial charge is 0.325 e. The first kappa shape index (κ1) is 15.2. The molecule has 1 N–H and O–H groups in total. The van der Waals surface area contributed by atoms with Gasteiger partial charge in [0.25, 0.3) is 0 Å². The first-order valence-electron chi connectivity index (χ1n) is 8.07. The van der Waals surface area contributed by atoms with Gasteiger partial charge in [0.2, 0.25) is 0 Å². The fraction of sp³-hybridized carbons (Fsp3) is 0.875. The van der Waals surface area contributed by atoms with E-state index in [1.54, 1.807) is 0 Å². The molecule has 0 spiro atoms. The van der Waals surface area contributed by atoms with Gasteiger partial charge in [-0.2, -0.15) is 5.26 Å². The molecule has 20 heavy (non-hydrogen) atoms. The second-order valence-corrected chi connectivity index (χ2v) is 6.67. The SMILES string of the molecule is CCC1CCC(C#N)(NC(=O)N2CCCC(C)C2)CC1. The van der Waals surface area contributed by atoms with E-state index >= 15 is 0 Å². The number of carbonyl (C=O) groups is 1. The van der Waals surface area contributed by atoms with Crippen molar-refractivity contribution in [2.24, 2.45) is 11.8 Å². The molecule has 1 saturated carbocycles. The lowest BCUT2D eigenvalue weighted by Gasteiger charge is -2.38. The van der Waals surface area contributed by atoms with E-state index in [9.17, 15) is 10.1 Å². The Kier molecular flexibility index (Phi) is 4.91. The van der Waals surface area contributed by atoms with E-state index < -0.39 is 5.54 Å². The number of likely N-dealkylation sites (tertiary alicyclic amines) is 1. The van der Waals surface area contributed by atoms with E-state index in [2.05, 4.69) is 25.2 Å². The highest BCUT2D eigenvalue weighted by Crippen LogP contribution is 2.33. The normalized spacial score (nSPS) is 34.4. The van der Waals surface area contributed by atoms with Gasteiger partial charge in [0, 0.05) is 13.1 Å². The Labute approximate surface area is 122 Å². The van der Waals surface area contributed by atoms with Crippen LogP contribution in [0.25, 0.3) is 0 Å². The Morgan fingerprint density at radius 3 is 2.65 bits per heavy atom. The smallest absolute Gasteiger partial charge is 0.318 e. The van der Waals surface area contributed by atoms with Gasteiger partial charge in [0.1, 0.15) is 5.54 Å². The lowest BCUT2D eigenvalue weighted by molar-refractivity contribution is 0.152. The topological polar surface area (TPSA) is 56.1 Å². The molecular formula is C16H27N3O. The molecule has 0 radical (unpaired) electrons. The third kappa shape index (κ3) is 3.45. The summed E-state index contributed by atoms with van der Waals surface area (Å²) >= 11 is 0. The molecule has 2 aliphatic rings. The highest BCUT2D eigenvalue weighted by atomic mass is 16.2. The number of carbonyl (C=O) groups excluding carboxylic acids is 1. The summed E-state index contributed by atoms with van der Waals surface area (Å²) in [5.74, 6) is 1.30. The number of nitrogens with one attached hydrogen (secondary N) is 1. The summed E-state index contributed by atoms with van der Waals surface area (Å²) in [6.07, 6.45) is 7.17. The molecule has 4 heteroatoms. The summed E-state index contributed by atoms with van der Waals surface area (Å²) < 4.78 is 0. The second-order valence-electron chi connectivity index (χ2n) is 6.67. The van der Waals surface area contributed by atoms with Crippen LogP contribution in [0.4, 0.5) is 4.79 Å². The molecule has 1 heterocycles. The minimum Gasteiger partial charge on any atom is -0.325 e. The van der Waals surface area contributed by atoms with Crippen molar-refractivity contribution in [2.45, 2.75) is 64.3 Å². The van der Waals surface area contributed by atoms with E-state index in [0.717, 1.165) is 51.1 Å². The maximum absolute atomic E-state index is 12.4. The molecule has 2 rings (SSSR count). The second kappa shape index (κ2) is 6.47.